The molecule has 10 heteroatoms. The number of nitrogens with zero attached hydrogens (tertiary/aromatic N) is 2. The van der Waals surface area contributed by atoms with Crippen LogP contribution >= 0.6 is 11.6 Å². The maximum absolute atomic E-state index is 13.0. The highest BCUT2D eigenvalue weighted by Crippen LogP contribution is 2.27. The van der Waals surface area contributed by atoms with Crippen molar-refractivity contribution in [3.05, 3.63) is 74.9 Å². The fraction of sp³-hybridized carbons (Fsp3) is 0.200. The van der Waals surface area contributed by atoms with E-state index in [9.17, 15) is 19.7 Å². The lowest BCUT2D eigenvalue weighted by Crippen LogP contribution is -2.29. The second-order valence-electron chi connectivity index (χ2n) is 6.30. The van der Waals surface area contributed by atoms with Gasteiger partial charge in [0.2, 0.25) is 5.91 Å². The Morgan fingerprint density at radius 3 is 2.60 bits per heavy atom. The average Bonchev–Trinajstić information content (AvgIpc) is 3.08. The molecule has 1 heterocycles. The lowest BCUT2D eigenvalue weighted by molar-refractivity contribution is -0.757. The Morgan fingerprint density at radius 2 is 1.93 bits per heavy atom. The molecule has 0 saturated heterocycles. The predicted octanol–water partition coefficient (Wildman–Crippen LogP) is 2.86. The summed E-state index contributed by atoms with van der Waals surface area (Å²) in [4.78, 5) is 39.6. The molecule has 0 saturated carbocycles. The first-order valence-corrected chi connectivity index (χ1v) is 9.29. The molecule has 0 aliphatic carbocycles. The predicted molar refractivity (Wildman–Crippen MR) is 109 cm³/mol. The summed E-state index contributed by atoms with van der Waals surface area (Å²) in [5.41, 5.74) is 1.68. The number of amides is 1. The molecular formula is C20H18ClN3O6. The Labute approximate surface area is 176 Å². The molecule has 0 aliphatic rings. The van der Waals surface area contributed by atoms with Crippen molar-refractivity contribution < 1.29 is 24.3 Å². The first kappa shape index (κ1) is 21.1. The van der Waals surface area contributed by atoms with E-state index < -0.39 is 5.09 Å². The van der Waals surface area contributed by atoms with Crippen molar-refractivity contribution >= 4 is 34.3 Å². The van der Waals surface area contributed by atoms with E-state index in [-0.39, 0.29) is 31.4 Å². The van der Waals surface area contributed by atoms with Gasteiger partial charge in [-0.3, -0.25) is 14.2 Å². The van der Waals surface area contributed by atoms with E-state index in [1.165, 1.54) is 11.7 Å². The van der Waals surface area contributed by atoms with E-state index >= 15 is 0 Å². The van der Waals surface area contributed by atoms with Gasteiger partial charge in [0.25, 0.3) is 11.0 Å². The molecule has 0 atom stereocenters. The van der Waals surface area contributed by atoms with E-state index in [4.69, 9.17) is 16.3 Å². The minimum Gasteiger partial charge on any atom is -0.497 e. The third-order valence-electron chi connectivity index (χ3n) is 4.38. The normalized spacial score (nSPS) is 10.6. The van der Waals surface area contributed by atoms with E-state index in [0.717, 1.165) is 0 Å². The number of hydrogen-bond acceptors (Lipinski definition) is 6. The van der Waals surface area contributed by atoms with E-state index in [1.54, 1.807) is 48.7 Å². The zero-order chi connectivity index (χ0) is 21.7. The van der Waals surface area contributed by atoms with Crippen LogP contribution in [0.4, 0.5) is 0 Å². The third-order valence-corrected chi connectivity index (χ3v) is 4.63. The van der Waals surface area contributed by atoms with Crippen molar-refractivity contribution in [2.24, 2.45) is 0 Å². The van der Waals surface area contributed by atoms with E-state index in [2.05, 4.69) is 10.2 Å². The number of ether oxygens (including phenoxy) is 1. The molecule has 3 rings (SSSR count). The van der Waals surface area contributed by atoms with Crippen LogP contribution < -0.4 is 10.1 Å². The van der Waals surface area contributed by atoms with Crippen molar-refractivity contribution in [1.82, 2.24) is 9.88 Å². The fourth-order valence-corrected chi connectivity index (χ4v) is 3.12. The molecule has 1 amide bonds. The summed E-state index contributed by atoms with van der Waals surface area (Å²) in [7, 11) is 1.53. The van der Waals surface area contributed by atoms with Gasteiger partial charge in [0, 0.05) is 28.7 Å². The molecule has 9 nitrogen and oxygen atoms in total. The van der Waals surface area contributed by atoms with Crippen LogP contribution in [0.25, 0.3) is 10.9 Å². The Kier molecular flexibility index (Phi) is 6.53. The van der Waals surface area contributed by atoms with Gasteiger partial charge < -0.3 is 14.9 Å². The average molecular weight is 432 g/mol. The fourth-order valence-electron chi connectivity index (χ4n) is 2.99. The summed E-state index contributed by atoms with van der Waals surface area (Å²) >= 11 is 5.90. The minimum absolute atomic E-state index is 0.00845. The van der Waals surface area contributed by atoms with Crippen LogP contribution in [0.15, 0.2) is 48.7 Å². The molecule has 0 aliphatic heterocycles. The van der Waals surface area contributed by atoms with Gasteiger partial charge in [-0.2, -0.15) is 0 Å². The molecule has 0 spiro atoms. The second-order valence-corrected chi connectivity index (χ2v) is 6.74. The number of hydrogen-bond donors (Lipinski definition) is 1. The van der Waals surface area contributed by atoms with Gasteiger partial charge in [0.1, 0.15) is 12.4 Å². The summed E-state index contributed by atoms with van der Waals surface area (Å²) in [5.74, 6) is -0.0455. The standard InChI is InChI=1S/C20H18ClN3O6/c1-29-16-6-7-18-17(11-16)14(10-19(25)22-8-9-30-24(27)28)12-23(18)20(26)13-2-4-15(21)5-3-13/h2-7,11-12H,8-10H2,1H3,(H,22,25). The van der Waals surface area contributed by atoms with Crippen LogP contribution in [0.5, 0.6) is 5.75 Å². The smallest absolute Gasteiger partial charge is 0.294 e. The number of halogens is 1. The van der Waals surface area contributed by atoms with Crippen molar-refractivity contribution in [3.8, 4) is 5.75 Å². The Hall–Kier alpha value is -3.59. The van der Waals surface area contributed by atoms with Gasteiger partial charge in [-0.1, -0.05) is 11.6 Å². The van der Waals surface area contributed by atoms with Crippen molar-refractivity contribution in [2.75, 3.05) is 20.3 Å². The highest BCUT2D eigenvalue weighted by atomic mass is 35.5. The summed E-state index contributed by atoms with van der Waals surface area (Å²) in [6.07, 6.45) is 1.58. The molecule has 0 fully saturated rings. The monoisotopic (exact) mass is 431 g/mol. The molecule has 156 valence electrons. The van der Waals surface area contributed by atoms with Crippen LogP contribution in [0.1, 0.15) is 15.9 Å². The molecule has 1 N–H and O–H groups in total. The third kappa shape index (κ3) is 4.87. The zero-order valence-electron chi connectivity index (χ0n) is 16.0. The number of aromatic nitrogens is 1. The number of carbonyl (C=O) groups is 2. The summed E-state index contributed by atoms with van der Waals surface area (Å²) in [6, 6.07) is 11.7. The maximum Gasteiger partial charge on any atom is 0.294 e. The quantitative estimate of drug-likeness (QED) is 0.333. The van der Waals surface area contributed by atoms with E-state index in [0.29, 0.717) is 32.8 Å². The van der Waals surface area contributed by atoms with Gasteiger partial charge in [0.05, 0.1) is 19.0 Å². The first-order valence-electron chi connectivity index (χ1n) is 8.91. The van der Waals surface area contributed by atoms with Crippen LogP contribution in [0.2, 0.25) is 5.02 Å². The van der Waals surface area contributed by atoms with Gasteiger partial charge in [-0.05, 0) is 48.0 Å². The summed E-state index contributed by atoms with van der Waals surface area (Å²) < 4.78 is 6.73. The van der Waals surface area contributed by atoms with Gasteiger partial charge in [0.15, 0.2) is 0 Å². The van der Waals surface area contributed by atoms with Crippen LogP contribution in [-0.4, -0.2) is 41.7 Å². The lowest BCUT2D eigenvalue weighted by Gasteiger charge is -2.05. The zero-order valence-corrected chi connectivity index (χ0v) is 16.7. The van der Waals surface area contributed by atoms with Crippen LogP contribution in [0.3, 0.4) is 0 Å². The topological polar surface area (TPSA) is 113 Å². The van der Waals surface area contributed by atoms with Crippen LogP contribution in [-0.2, 0) is 16.1 Å². The highest BCUT2D eigenvalue weighted by molar-refractivity contribution is 6.30. The highest BCUT2D eigenvalue weighted by Gasteiger charge is 2.18. The molecule has 0 bridgehead atoms. The lowest BCUT2D eigenvalue weighted by atomic mass is 10.1. The number of rotatable bonds is 8. The first-order chi connectivity index (χ1) is 14.4. The van der Waals surface area contributed by atoms with Gasteiger partial charge >= 0.3 is 0 Å². The summed E-state index contributed by atoms with van der Waals surface area (Å²) in [6.45, 7) is -0.255. The number of methoxy groups -OCH3 is 1. The van der Waals surface area contributed by atoms with E-state index in [1.807, 2.05) is 0 Å². The summed E-state index contributed by atoms with van der Waals surface area (Å²) in [5, 5.41) is 13.0. The van der Waals surface area contributed by atoms with Gasteiger partial charge in [-0.15, -0.1) is 10.1 Å². The van der Waals surface area contributed by atoms with Gasteiger partial charge in [-0.25, -0.2) is 0 Å². The van der Waals surface area contributed by atoms with Crippen molar-refractivity contribution in [1.29, 1.82) is 0 Å². The molecular weight excluding hydrogens is 414 g/mol. The SMILES string of the molecule is COc1ccc2c(c1)c(CC(=O)NCCO[N+](=O)[O-])cn2C(=O)c1ccc(Cl)cc1. The molecule has 2 aromatic carbocycles. The Bertz CT molecular complexity index is 1090. The Morgan fingerprint density at radius 1 is 1.20 bits per heavy atom. The molecule has 30 heavy (non-hydrogen) atoms. The maximum atomic E-state index is 13.0. The van der Waals surface area contributed by atoms with Crippen molar-refractivity contribution in [3.63, 3.8) is 0 Å². The minimum atomic E-state index is -0.922. The molecule has 3 aromatic rings. The number of benzene rings is 2. The molecule has 0 unspecified atom stereocenters. The number of fused-ring (bicyclic) bond motifs is 1. The van der Waals surface area contributed by atoms with Crippen LogP contribution in [0, 0.1) is 10.1 Å². The second kappa shape index (κ2) is 9.27. The largest absolute Gasteiger partial charge is 0.497 e. The number of nitrogens with one attached hydrogen (secondary N) is 1. The van der Waals surface area contributed by atoms with Crippen molar-refractivity contribution in [2.45, 2.75) is 6.42 Å². The number of carbonyl (C=O) groups excluding carboxylic acids is 2. The molecule has 1 aromatic heterocycles. The Balaban J connectivity index is 1.88. The molecule has 0 radical (unpaired) electrons.